The average molecular weight is 405 g/mol. The van der Waals surface area contributed by atoms with Crippen molar-refractivity contribution in [1.29, 1.82) is 0 Å². The minimum atomic E-state index is 0.840. The summed E-state index contributed by atoms with van der Waals surface area (Å²) in [6, 6.07) is 28.5. The van der Waals surface area contributed by atoms with E-state index in [0.717, 1.165) is 38.4 Å². The molecular weight excluding hydrogens is 388 g/mol. The highest BCUT2D eigenvalue weighted by atomic mass is 79.9. The van der Waals surface area contributed by atoms with Crippen molar-refractivity contribution in [3.05, 3.63) is 89.4 Å². The smallest absolute Gasteiger partial charge is 0.118 e. The molecule has 0 fully saturated rings. The average Bonchev–Trinajstić information content (AvgIpc) is 3.14. The summed E-state index contributed by atoms with van der Waals surface area (Å²) in [6.07, 6.45) is 0. The molecule has 0 saturated heterocycles. The lowest BCUT2D eigenvalue weighted by atomic mass is 10.1. The van der Waals surface area contributed by atoms with Crippen molar-refractivity contribution in [2.75, 3.05) is 7.11 Å². The lowest BCUT2D eigenvalue weighted by molar-refractivity contribution is 0.415. The molecule has 0 aliphatic rings. The fourth-order valence-corrected chi connectivity index (χ4v) is 3.30. The Balaban J connectivity index is 1.88. The fourth-order valence-electron chi connectivity index (χ4n) is 2.90. The van der Waals surface area contributed by atoms with Crippen LogP contribution in [0.25, 0.3) is 28.2 Å². The van der Waals surface area contributed by atoms with Gasteiger partial charge in [-0.25, -0.2) is 4.68 Å². The molecule has 0 bridgehead atoms. The van der Waals surface area contributed by atoms with Gasteiger partial charge in [0.15, 0.2) is 0 Å². The second-order valence-corrected chi connectivity index (χ2v) is 6.82. The molecule has 4 heteroatoms. The molecule has 4 aromatic rings. The Morgan fingerprint density at radius 1 is 0.808 bits per heavy atom. The Morgan fingerprint density at radius 2 is 1.58 bits per heavy atom. The van der Waals surface area contributed by atoms with E-state index < -0.39 is 0 Å². The minimum absolute atomic E-state index is 0.840. The number of methoxy groups -OCH3 is 1. The van der Waals surface area contributed by atoms with E-state index in [2.05, 4.69) is 58.4 Å². The van der Waals surface area contributed by atoms with E-state index in [9.17, 15) is 0 Å². The normalized spacial score (nSPS) is 10.7. The number of para-hydroxylation sites is 1. The number of ether oxygens (including phenoxy) is 1. The molecule has 3 nitrogen and oxygen atoms in total. The van der Waals surface area contributed by atoms with Crippen molar-refractivity contribution >= 4 is 15.9 Å². The fraction of sp³-hybridized carbons (Fsp3) is 0.0455. The van der Waals surface area contributed by atoms with E-state index >= 15 is 0 Å². The van der Waals surface area contributed by atoms with Crippen LogP contribution in [0.4, 0.5) is 0 Å². The van der Waals surface area contributed by atoms with Crippen molar-refractivity contribution < 1.29 is 4.74 Å². The molecule has 0 saturated carbocycles. The van der Waals surface area contributed by atoms with Gasteiger partial charge in [-0.3, -0.25) is 0 Å². The van der Waals surface area contributed by atoms with Crippen LogP contribution in [0.3, 0.4) is 0 Å². The third-order valence-electron chi connectivity index (χ3n) is 4.22. The molecule has 0 aliphatic heterocycles. The number of hydrogen-bond acceptors (Lipinski definition) is 2. The van der Waals surface area contributed by atoms with Crippen LogP contribution < -0.4 is 4.74 Å². The van der Waals surface area contributed by atoms with Crippen LogP contribution in [-0.2, 0) is 0 Å². The highest BCUT2D eigenvalue weighted by Gasteiger charge is 2.13. The standard InChI is InChI=1S/C22H17BrN2O/c1-26-20-12-10-16(11-13-20)22-15-21(17-6-5-7-18(23)14-17)24-25(22)19-8-3-2-4-9-19/h2-15H,1H3. The van der Waals surface area contributed by atoms with Crippen molar-refractivity contribution in [3.8, 4) is 34.0 Å². The second kappa shape index (κ2) is 7.18. The molecule has 1 aromatic heterocycles. The summed E-state index contributed by atoms with van der Waals surface area (Å²) in [5.41, 5.74) is 5.15. The molecule has 128 valence electrons. The van der Waals surface area contributed by atoms with Crippen LogP contribution in [0.5, 0.6) is 5.75 Å². The van der Waals surface area contributed by atoms with Gasteiger partial charge in [0.25, 0.3) is 0 Å². The summed E-state index contributed by atoms with van der Waals surface area (Å²) in [5, 5.41) is 4.88. The molecule has 0 aliphatic carbocycles. The highest BCUT2D eigenvalue weighted by molar-refractivity contribution is 9.10. The lowest BCUT2D eigenvalue weighted by Crippen LogP contribution is -1.98. The molecule has 0 N–H and O–H groups in total. The van der Waals surface area contributed by atoms with Crippen molar-refractivity contribution in [1.82, 2.24) is 9.78 Å². The molecular formula is C22H17BrN2O. The minimum Gasteiger partial charge on any atom is -0.497 e. The maximum absolute atomic E-state index is 5.28. The Hall–Kier alpha value is -2.85. The number of rotatable bonds is 4. The van der Waals surface area contributed by atoms with Gasteiger partial charge >= 0.3 is 0 Å². The van der Waals surface area contributed by atoms with E-state index in [1.807, 2.05) is 47.1 Å². The van der Waals surface area contributed by atoms with E-state index in [1.165, 1.54) is 0 Å². The monoisotopic (exact) mass is 404 g/mol. The molecule has 0 amide bonds. The van der Waals surface area contributed by atoms with Crippen LogP contribution in [-0.4, -0.2) is 16.9 Å². The van der Waals surface area contributed by atoms with E-state index in [4.69, 9.17) is 9.84 Å². The first kappa shape index (κ1) is 16.6. The third-order valence-corrected chi connectivity index (χ3v) is 4.71. The zero-order chi connectivity index (χ0) is 17.9. The maximum Gasteiger partial charge on any atom is 0.118 e. The zero-order valence-corrected chi connectivity index (χ0v) is 15.8. The molecule has 1 heterocycles. The van der Waals surface area contributed by atoms with Crippen LogP contribution in [0, 0.1) is 0 Å². The molecule has 26 heavy (non-hydrogen) atoms. The predicted molar refractivity (Wildman–Crippen MR) is 109 cm³/mol. The zero-order valence-electron chi connectivity index (χ0n) is 14.3. The van der Waals surface area contributed by atoms with Gasteiger partial charge in [-0.15, -0.1) is 0 Å². The summed E-state index contributed by atoms with van der Waals surface area (Å²) in [6.45, 7) is 0. The quantitative estimate of drug-likeness (QED) is 0.418. The van der Waals surface area contributed by atoms with Crippen molar-refractivity contribution in [3.63, 3.8) is 0 Å². The summed E-state index contributed by atoms with van der Waals surface area (Å²) >= 11 is 3.54. The summed E-state index contributed by atoms with van der Waals surface area (Å²) in [7, 11) is 1.68. The van der Waals surface area contributed by atoms with Gasteiger partial charge in [-0.2, -0.15) is 5.10 Å². The van der Waals surface area contributed by atoms with E-state index in [1.54, 1.807) is 7.11 Å². The predicted octanol–water partition coefficient (Wildman–Crippen LogP) is 5.98. The van der Waals surface area contributed by atoms with Crippen molar-refractivity contribution in [2.45, 2.75) is 0 Å². The molecule has 0 spiro atoms. The molecule has 3 aromatic carbocycles. The van der Waals surface area contributed by atoms with Gasteiger partial charge in [-0.1, -0.05) is 46.3 Å². The van der Waals surface area contributed by atoms with Gasteiger partial charge in [0.1, 0.15) is 5.75 Å². The maximum atomic E-state index is 5.28. The number of benzene rings is 3. The summed E-state index contributed by atoms with van der Waals surface area (Å²) in [4.78, 5) is 0. The van der Waals surface area contributed by atoms with E-state index in [0.29, 0.717) is 0 Å². The Labute approximate surface area is 161 Å². The van der Waals surface area contributed by atoms with E-state index in [-0.39, 0.29) is 0 Å². The lowest BCUT2D eigenvalue weighted by Gasteiger charge is -2.08. The van der Waals surface area contributed by atoms with Crippen LogP contribution >= 0.6 is 15.9 Å². The Morgan fingerprint density at radius 3 is 2.27 bits per heavy atom. The number of nitrogens with zero attached hydrogens (tertiary/aromatic N) is 2. The third kappa shape index (κ3) is 3.28. The number of halogens is 1. The molecule has 4 rings (SSSR count). The Kier molecular flexibility index (Phi) is 4.59. The van der Waals surface area contributed by atoms with Crippen LogP contribution in [0.15, 0.2) is 89.4 Å². The molecule has 0 atom stereocenters. The second-order valence-electron chi connectivity index (χ2n) is 5.90. The first-order valence-electron chi connectivity index (χ1n) is 8.30. The SMILES string of the molecule is COc1ccc(-c2cc(-c3cccc(Br)c3)nn2-c2ccccc2)cc1. The topological polar surface area (TPSA) is 27.1 Å². The Bertz CT molecular complexity index is 1020. The first-order chi connectivity index (χ1) is 12.7. The van der Waals surface area contributed by atoms with Crippen LogP contribution in [0.1, 0.15) is 0 Å². The molecule has 0 radical (unpaired) electrons. The first-order valence-corrected chi connectivity index (χ1v) is 9.10. The van der Waals surface area contributed by atoms with Crippen molar-refractivity contribution in [2.24, 2.45) is 0 Å². The van der Waals surface area contributed by atoms with Gasteiger partial charge in [0, 0.05) is 15.6 Å². The van der Waals surface area contributed by atoms with Gasteiger partial charge in [0.05, 0.1) is 24.2 Å². The molecule has 0 unspecified atom stereocenters. The highest BCUT2D eigenvalue weighted by Crippen LogP contribution is 2.30. The number of aromatic nitrogens is 2. The largest absolute Gasteiger partial charge is 0.497 e. The van der Waals surface area contributed by atoms with Gasteiger partial charge in [-0.05, 0) is 54.6 Å². The van der Waals surface area contributed by atoms with Gasteiger partial charge in [0.2, 0.25) is 0 Å². The van der Waals surface area contributed by atoms with Gasteiger partial charge < -0.3 is 4.74 Å². The summed E-state index contributed by atoms with van der Waals surface area (Å²) in [5.74, 6) is 0.840. The number of hydrogen-bond donors (Lipinski definition) is 0. The summed E-state index contributed by atoms with van der Waals surface area (Å²) < 4.78 is 8.30. The van der Waals surface area contributed by atoms with Crippen LogP contribution in [0.2, 0.25) is 0 Å².